The molecule has 0 saturated heterocycles. The average Bonchev–Trinajstić information content (AvgIpc) is 3.11. The zero-order valence-electron chi connectivity index (χ0n) is 9.92. The van der Waals surface area contributed by atoms with Gasteiger partial charge >= 0.3 is 0 Å². The van der Waals surface area contributed by atoms with Crippen molar-refractivity contribution in [2.45, 2.75) is 18.4 Å². The first-order valence-electron chi connectivity index (χ1n) is 5.29. The first kappa shape index (κ1) is 12.5. The van der Waals surface area contributed by atoms with E-state index in [0.29, 0.717) is 12.8 Å². The molecule has 6 heteroatoms. The van der Waals surface area contributed by atoms with Gasteiger partial charge in [-0.3, -0.25) is 0 Å². The molecule has 1 aromatic rings. The monoisotopic (exact) mass is 255 g/mol. The van der Waals surface area contributed by atoms with Crippen LogP contribution in [0.3, 0.4) is 0 Å². The van der Waals surface area contributed by atoms with Crippen molar-refractivity contribution in [3.8, 4) is 11.5 Å². The van der Waals surface area contributed by atoms with Crippen molar-refractivity contribution in [1.82, 2.24) is 0 Å². The quantitative estimate of drug-likeness (QED) is 0.612. The van der Waals surface area contributed by atoms with E-state index in [1.54, 1.807) is 0 Å². The molecule has 0 atom stereocenters. The van der Waals surface area contributed by atoms with E-state index in [4.69, 9.17) is 9.47 Å². The Hall–Kier alpha value is -1.94. The lowest BCUT2D eigenvalue weighted by molar-refractivity contribution is 0.349. The number of carbonyl (C=O) groups excluding carboxylic acids is 1. The summed E-state index contributed by atoms with van der Waals surface area (Å²) in [6, 6.07) is 1.12. The lowest BCUT2D eigenvalue weighted by Crippen LogP contribution is -2.11. The van der Waals surface area contributed by atoms with Crippen LogP contribution >= 0.6 is 0 Å². The Morgan fingerprint density at radius 1 is 1.22 bits per heavy atom. The highest BCUT2D eigenvalue weighted by molar-refractivity contribution is 5.49. The van der Waals surface area contributed by atoms with Gasteiger partial charge in [0.05, 0.1) is 19.8 Å². The van der Waals surface area contributed by atoms with Crippen molar-refractivity contribution in [2.24, 2.45) is 4.99 Å². The molecule has 0 bridgehead atoms. The molecule has 0 heterocycles. The van der Waals surface area contributed by atoms with Crippen LogP contribution < -0.4 is 9.47 Å². The molecule has 96 valence electrons. The summed E-state index contributed by atoms with van der Waals surface area (Å²) in [6.45, 7) is 0. The molecule has 1 aliphatic carbocycles. The van der Waals surface area contributed by atoms with Crippen molar-refractivity contribution in [3.05, 3.63) is 23.3 Å². The number of isocyanates is 1. The summed E-state index contributed by atoms with van der Waals surface area (Å²) in [5.74, 6) is -1.99. The third-order valence-corrected chi connectivity index (χ3v) is 3.02. The second-order valence-corrected chi connectivity index (χ2v) is 4.02. The van der Waals surface area contributed by atoms with Crippen LogP contribution in [0, 0.1) is 11.6 Å². The van der Waals surface area contributed by atoms with Gasteiger partial charge in [-0.1, -0.05) is 0 Å². The normalized spacial score (nSPS) is 15.8. The molecule has 0 amide bonds. The molecule has 1 saturated carbocycles. The third-order valence-electron chi connectivity index (χ3n) is 3.02. The smallest absolute Gasteiger partial charge is 0.235 e. The number of ether oxygens (including phenoxy) is 2. The van der Waals surface area contributed by atoms with Crippen molar-refractivity contribution >= 4 is 6.08 Å². The Morgan fingerprint density at radius 2 is 1.72 bits per heavy atom. The van der Waals surface area contributed by atoms with Crippen LogP contribution in [0.25, 0.3) is 0 Å². The maximum atomic E-state index is 14.1. The van der Waals surface area contributed by atoms with Gasteiger partial charge in [-0.25, -0.2) is 13.6 Å². The number of nitrogens with zero attached hydrogens (tertiary/aromatic N) is 1. The van der Waals surface area contributed by atoms with Crippen LogP contribution in [0.2, 0.25) is 0 Å². The van der Waals surface area contributed by atoms with Crippen LogP contribution in [0.15, 0.2) is 11.1 Å². The number of halogens is 2. The second kappa shape index (κ2) is 4.38. The molecular weight excluding hydrogens is 244 g/mol. The van der Waals surface area contributed by atoms with Crippen molar-refractivity contribution in [1.29, 1.82) is 0 Å². The molecule has 0 radical (unpaired) electrons. The van der Waals surface area contributed by atoms with Gasteiger partial charge in [0, 0.05) is 6.07 Å². The first-order chi connectivity index (χ1) is 8.59. The van der Waals surface area contributed by atoms with Gasteiger partial charge in [-0.15, -0.1) is 0 Å². The van der Waals surface area contributed by atoms with E-state index in [9.17, 15) is 13.6 Å². The SMILES string of the molecule is COc1cc(OC)c(F)c(C2(N=C=O)CC2)c1F. The van der Waals surface area contributed by atoms with Gasteiger partial charge in [0.15, 0.2) is 23.1 Å². The maximum absolute atomic E-state index is 14.1. The number of hydrogen-bond acceptors (Lipinski definition) is 4. The summed E-state index contributed by atoms with van der Waals surface area (Å²) >= 11 is 0. The van der Waals surface area contributed by atoms with E-state index < -0.39 is 17.2 Å². The van der Waals surface area contributed by atoms with Crippen molar-refractivity contribution < 1.29 is 23.0 Å². The zero-order valence-corrected chi connectivity index (χ0v) is 9.92. The molecule has 18 heavy (non-hydrogen) atoms. The lowest BCUT2D eigenvalue weighted by atomic mass is 10.0. The van der Waals surface area contributed by atoms with Crippen LogP contribution in [-0.2, 0) is 10.3 Å². The predicted octanol–water partition coefficient (Wildman–Crippen LogP) is 2.31. The average molecular weight is 255 g/mol. The fourth-order valence-corrected chi connectivity index (χ4v) is 1.92. The minimum atomic E-state index is -1.16. The Balaban J connectivity index is 2.69. The highest BCUT2D eigenvalue weighted by atomic mass is 19.1. The van der Waals surface area contributed by atoms with Gasteiger partial charge in [0.25, 0.3) is 0 Å². The number of hydrogen-bond donors (Lipinski definition) is 0. The predicted molar refractivity (Wildman–Crippen MR) is 58.5 cm³/mol. The summed E-state index contributed by atoms with van der Waals surface area (Å²) in [7, 11) is 2.53. The van der Waals surface area contributed by atoms with Crippen LogP contribution in [0.1, 0.15) is 18.4 Å². The topological polar surface area (TPSA) is 47.9 Å². The highest BCUT2D eigenvalue weighted by Gasteiger charge is 2.50. The Labute approximate surface area is 102 Å². The summed E-state index contributed by atoms with van der Waals surface area (Å²) in [5.41, 5.74) is -1.44. The van der Waals surface area contributed by atoms with Crippen LogP contribution in [0.5, 0.6) is 11.5 Å². The van der Waals surface area contributed by atoms with Crippen molar-refractivity contribution in [3.63, 3.8) is 0 Å². The largest absolute Gasteiger partial charge is 0.494 e. The standard InChI is InChI=1S/C12H11F2NO3/c1-17-7-5-8(18-2)11(14)9(10(7)13)12(3-4-12)15-6-16/h5H,3-4H2,1-2H3. The maximum Gasteiger partial charge on any atom is 0.235 e. The van der Waals surface area contributed by atoms with E-state index >= 15 is 0 Å². The number of rotatable bonds is 4. The zero-order chi connectivity index (χ0) is 13.3. The Morgan fingerprint density at radius 3 is 2.06 bits per heavy atom. The summed E-state index contributed by atoms with van der Waals surface area (Å²) in [4.78, 5) is 13.9. The van der Waals surface area contributed by atoms with Crippen molar-refractivity contribution in [2.75, 3.05) is 14.2 Å². The van der Waals surface area contributed by atoms with E-state index in [-0.39, 0.29) is 17.1 Å². The fourth-order valence-electron chi connectivity index (χ4n) is 1.92. The lowest BCUT2D eigenvalue weighted by Gasteiger charge is -2.15. The van der Waals surface area contributed by atoms with Gasteiger partial charge in [0.1, 0.15) is 5.54 Å². The minimum Gasteiger partial charge on any atom is -0.494 e. The van der Waals surface area contributed by atoms with Gasteiger partial charge in [-0.05, 0) is 12.8 Å². The number of aliphatic imine (C=N–C) groups is 1. The molecule has 1 aliphatic rings. The van der Waals surface area contributed by atoms with E-state index in [1.807, 2.05) is 0 Å². The van der Waals surface area contributed by atoms with Gasteiger partial charge in [0.2, 0.25) is 6.08 Å². The van der Waals surface area contributed by atoms with Crippen LogP contribution in [-0.4, -0.2) is 20.3 Å². The first-order valence-corrected chi connectivity index (χ1v) is 5.29. The minimum absolute atomic E-state index is 0.143. The molecule has 0 aliphatic heterocycles. The third kappa shape index (κ3) is 1.75. The summed E-state index contributed by atoms with van der Waals surface area (Å²) < 4.78 is 37.8. The molecule has 0 N–H and O–H groups in total. The van der Waals surface area contributed by atoms with Crippen LogP contribution in [0.4, 0.5) is 8.78 Å². The number of methoxy groups -OCH3 is 2. The molecule has 0 unspecified atom stereocenters. The highest BCUT2D eigenvalue weighted by Crippen LogP contribution is 2.53. The number of benzene rings is 1. The van der Waals surface area contributed by atoms with E-state index in [0.717, 1.165) is 6.07 Å². The molecule has 2 rings (SSSR count). The summed E-state index contributed by atoms with van der Waals surface area (Å²) in [5, 5.41) is 0. The van der Waals surface area contributed by atoms with Gasteiger partial charge < -0.3 is 9.47 Å². The van der Waals surface area contributed by atoms with Gasteiger partial charge in [-0.2, -0.15) is 4.99 Å². The van der Waals surface area contributed by atoms with E-state index in [1.165, 1.54) is 20.3 Å². The molecule has 4 nitrogen and oxygen atoms in total. The molecule has 1 aromatic carbocycles. The molecule has 0 spiro atoms. The molecule has 0 aromatic heterocycles. The fraction of sp³-hybridized carbons (Fsp3) is 0.417. The Kier molecular flexibility index (Phi) is 3.05. The Bertz CT molecular complexity index is 506. The van der Waals surface area contributed by atoms with E-state index in [2.05, 4.69) is 4.99 Å². The second-order valence-electron chi connectivity index (χ2n) is 4.02. The molecular formula is C12H11F2NO3. The molecule has 1 fully saturated rings. The summed E-state index contributed by atoms with van der Waals surface area (Å²) in [6.07, 6.45) is 2.15.